The van der Waals surface area contributed by atoms with E-state index in [2.05, 4.69) is 266 Å². The molecule has 0 N–H and O–H groups in total. The third-order valence-electron chi connectivity index (χ3n) is 13.9. The second-order valence-corrected chi connectivity index (χ2v) is 17.6. The Morgan fingerprint density at radius 1 is 0.299 bits per heavy atom. The molecule has 0 saturated carbocycles. The number of nitrogens with zero attached hydrogens (tertiary/aromatic N) is 1. The van der Waals surface area contributed by atoms with Crippen molar-refractivity contribution >= 4 is 49.8 Å². The maximum atomic E-state index is 7.20. The lowest BCUT2D eigenvalue weighted by Crippen LogP contribution is -2.28. The van der Waals surface area contributed by atoms with Crippen molar-refractivity contribution in [2.24, 2.45) is 0 Å². The van der Waals surface area contributed by atoms with Gasteiger partial charge in [0.2, 0.25) is 0 Å². The van der Waals surface area contributed by atoms with Gasteiger partial charge in [-0.1, -0.05) is 218 Å². The first kappa shape index (κ1) is 38.7. The number of anilines is 3. The van der Waals surface area contributed by atoms with Gasteiger partial charge in [-0.15, -0.1) is 0 Å². The topological polar surface area (TPSA) is 16.4 Å². The lowest BCUT2D eigenvalue weighted by atomic mass is 9.67. The number of fused-ring (bicyclic) bond motifs is 8. The van der Waals surface area contributed by atoms with Crippen LogP contribution < -0.4 is 4.90 Å². The van der Waals surface area contributed by atoms with Crippen LogP contribution in [0.1, 0.15) is 22.3 Å². The Labute approximate surface area is 390 Å². The zero-order chi connectivity index (χ0) is 44.3. The summed E-state index contributed by atoms with van der Waals surface area (Å²) in [4.78, 5) is 2.42. The fraction of sp³-hybridized carbons (Fsp3) is 0.0154. The van der Waals surface area contributed by atoms with E-state index in [1.54, 1.807) is 0 Å². The molecule has 12 aromatic rings. The Morgan fingerprint density at radius 3 is 1.46 bits per heavy atom. The van der Waals surface area contributed by atoms with E-state index in [9.17, 15) is 0 Å². The van der Waals surface area contributed by atoms with E-state index >= 15 is 0 Å². The van der Waals surface area contributed by atoms with Crippen LogP contribution in [0.3, 0.4) is 0 Å². The molecule has 0 unspecified atom stereocenters. The smallest absolute Gasteiger partial charge is 0.143 e. The SMILES string of the molecule is c1ccc(-c2ccc(N(c3ccc4c(c3)C(c3ccccc3)(c3ccccc3)c3ccccc3-4)c3cc(-c4ccccc4)c4c(c3)oc3c5ccccc5c(-c5ccccc5)cc34)cc2)cc1. The van der Waals surface area contributed by atoms with Crippen LogP contribution in [0.5, 0.6) is 0 Å². The quantitative estimate of drug-likeness (QED) is 0.151. The second kappa shape index (κ2) is 15.8. The van der Waals surface area contributed by atoms with Gasteiger partial charge in [0.15, 0.2) is 0 Å². The van der Waals surface area contributed by atoms with Crippen LogP contribution in [0.2, 0.25) is 0 Å². The molecular formula is C65H43NO. The van der Waals surface area contributed by atoms with Crippen LogP contribution in [0.25, 0.3) is 77.2 Å². The number of benzene rings is 11. The summed E-state index contributed by atoms with van der Waals surface area (Å²) in [6.45, 7) is 0. The first-order chi connectivity index (χ1) is 33.2. The van der Waals surface area contributed by atoms with E-state index in [0.29, 0.717) is 0 Å². The summed E-state index contributed by atoms with van der Waals surface area (Å²) in [6, 6.07) is 94.9. The fourth-order valence-electron chi connectivity index (χ4n) is 11.0. The molecule has 0 amide bonds. The molecule has 0 bridgehead atoms. The molecule has 0 spiro atoms. The van der Waals surface area contributed by atoms with Gasteiger partial charge >= 0.3 is 0 Å². The van der Waals surface area contributed by atoms with Crippen molar-refractivity contribution in [3.63, 3.8) is 0 Å². The number of furan rings is 1. The van der Waals surface area contributed by atoms with Crippen LogP contribution in [0.4, 0.5) is 17.1 Å². The van der Waals surface area contributed by atoms with Crippen LogP contribution >= 0.6 is 0 Å². The van der Waals surface area contributed by atoms with E-state index in [-0.39, 0.29) is 0 Å². The van der Waals surface area contributed by atoms with Crippen molar-refractivity contribution in [3.05, 3.63) is 283 Å². The summed E-state index contributed by atoms with van der Waals surface area (Å²) in [5.41, 5.74) is 18.8. The molecule has 67 heavy (non-hydrogen) atoms. The summed E-state index contributed by atoms with van der Waals surface area (Å²) >= 11 is 0. The van der Waals surface area contributed by atoms with E-state index in [1.807, 2.05) is 0 Å². The fourth-order valence-corrected chi connectivity index (χ4v) is 11.0. The van der Waals surface area contributed by atoms with Crippen LogP contribution in [0, 0.1) is 0 Å². The van der Waals surface area contributed by atoms with Crippen molar-refractivity contribution in [1.82, 2.24) is 0 Å². The normalized spacial score (nSPS) is 12.6. The number of hydrogen-bond donors (Lipinski definition) is 0. The highest BCUT2D eigenvalue weighted by Gasteiger charge is 2.46. The van der Waals surface area contributed by atoms with Gasteiger partial charge in [0, 0.05) is 33.6 Å². The van der Waals surface area contributed by atoms with Gasteiger partial charge in [0.05, 0.1) is 11.1 Å². The summed E-state index contributed by atoms with van der Waals surface area (Å²) in [7, 11) is 0. The zero-order valence-corrected chi connectivity index (χ0v) is 36.7. The molecule has 0 atom stereocenters. The number of rotatable bonds is 8. The average Bonchev–Trinajstić information content (AvgIpc) is 3.93. The molecule has 0 radical (unpaired) electrons. The molecule has 0 fully saturated rings. The lowest BCUT2D eigenvalue weighted by molar-refractivity contribution is 0.673. The zero-order valence-electron chi connectivity index (χ0n) is 36.7. The van der Waals surface area contributed by atoms with Crippen molar-refractivity contribution in [1.29, 1.82) is 0 Å². The molecule has 0 aliphatic heterocycles. The molecule has 314 valence electrons. The maximum Gasteiger partial charge on any atom is 0.143 e. The predicted octanol–water partition coefficient (Wildman–Crippen LogP) is 17.6. The third-order valence-corrected chi connectivity index (χ3v) is 13.9. The average molecular weight is 854 g/mol. The van der Waals surface area contributed by atoms with E-state index < -0.39 is 5.41 Å². The minimum Gasteiger partial charge on any atom is -0.455 e. The Morgan fingerprint density at radius 2 is 0.806 bits per heavy atom. The van der Waals surface area contributed by atoms with Crippen molar-refractivity contribution in [3.8, 4) is 44.5 Å². The summed E-state index contributed by atoms with van der Waals surface area (Å²) in [6.07, 6.45) is 0. The van der Waals surface area contributed by atoms with Gasteiger partial charge in [-0.05, 0) is 109 Å². The first-order valence-electron chi connectivity index (χ1n) is 23.1. The lowest BCUT2D eigenvalue weighted by Gasteiger charge is -2.35. The van der Waals surface area contributed by atoms with E-state index in [1.165, 1.54) is 61.0 Å². The Hall–Kier alpha value is -8.72. The van der Waals surface area contributed by atoms with Gasteiger partial charge < -0.3 is 9.32 Å². The van der Waals surface area contributed by atoms with E-state index in [0.717, 1.165) is 55.5 Å². The largest absolute Gasteiger partial charge is 0.455 e. The van der Waals surface area contributed by atoms with Gasteiger partial charge in [0.1, 0.15) is 11.2 Å². The molecule has 1 aliphatic rings. The molecule has 11 aromatic carbocycles. The van der Waals surface area contributed by atoms with Gasteiger partial charge in [-0.25, -0.2) is 0 Å². The van der Waals surface area contributed by atoms with Gasteiger partial charge in [0.25, 0.3) is 0 Å². The maximum absolute atomic E-state index is 7.20. The summed E-state index contributed by atoms with van der Waals surface area (Å²) < 4.78 is 7.20. The Balaban J connectivity index is 1.10. The molecule has 13 rings (SSSR count). The molecule has 1 heterocycles. The van der Waals surface area contributed by atoms with E-state index in [4.69, 9.17) is 4.42 Å². The van der Waals surface area contributed by atoms with Crippen molar-refractivity contribution < 1.29 is 4.42 Å². The van der Waals surface area contributed by atoms with Gasteiger partial charge in [-0.3, -0.25) is 0 Å². The third kappa shape index (κ3) is 6.18. The Bertz CT molecular complexity index is 3730. The summed E-state index contributed by atoms with van der Waals surface area (Å²) in [5.74, 6) is 0. The minimum absolute atomic E-state index is 0.553. The Kier molecular flexibility index (Phi) is 9.11. The minimum atomic E-state index is -0.553. The van der Waals surface area contributed by atoms with Crippen LogP contribution in [-0.4, -0.2) is 0 Å². The highest BCUT2D eigenvalue weighted by molar-refractivity contribution is 6.22. The highest BCUT2D eigenvalue weighted by Crippen LogP contribution is 2.57. The van der Waals surface area contributed by atoms with Crippen molar-refractivity contribution in [2.45, 2.75) is 5.41 Å². The molecular weight excluding hydrogens is 811 g/mol. The van der Waals surface area contributed by atoms with Crippen LogP contribution in [0.15, 0.2) is 265 Å². The van der Waals surface area contributed by atoms with Crippen molar-refractivity contribution in [2.75, 3.05) is 4.90 Å². The summed E-state index contributed by atoms with van der Waals surface area (Å²) in [5, 5.41) is 4.47. The molecule has 2 nitrogen and oxygen atoms in total. The number of hydrogen-bond acceptors (Lipinski definition) is 2. The standard InChI is InChI=1S/C65H43NO/c1-6-20-44(21-7-1)45-34-36-50(37-35-45)66(51-38-39-55-54-31-18-19-33-60(54)65(61(55)41-51,48-26-12-4-13-27-48)49-28-14-5-15-29-49)52-40-58(47-24-10-3-11-25-47)63-59-43-57(46-22-8-2-9-23-46)53-30-16-17-32-56(53)64(59)67-62(63)42-52/h1-43H. The molecule has 2 heteroatoms. The second-order valence-electron chi connectivity index (χ2n) is 17.6. The first-order valence-corrected chi connectivity index (χ1v) is 23.1. The van der Waals surface area contributed by atoms with Crippen LogP contribution in [-0.2, 0) is 5.41 Å². The predicted molar refractivity (Wildman–Crippen MR) is 280 cm³/mol. The monoisotopic (exact) mass is 853 g/mol. The molecule has 1 aliphatic carbocycles. The molecule has 1 aromatic heterocycles. The molecule has 0 saturated heterocycles. The van der Waals surface area contributed by atoms with Gasteiger partial charge in [-0.2, -0.15) is 0 Å². The highest BCUT2D eigenvalue weighted by atomic mass is 16.3.